The fraction of sp³-hybridized carbons (Fsp3) is 0.562. The molecule has 1 N–H and O–H groups in total. The van der Waals surface area contributed by atoms with Crippen molar-refractivity contribution in [3.05, 3.63) is 35.9 Å². The van der Waals surface area contributed by atoms with Gasteiger partial charge < -0.3 is 5.11 Å². The average Bonchev–Trinajstić information content (AvgIpc) is 2.97. The van der Waals surface area contributed by atoms with Gasteiger partial charge in [0.2, 0.25) is 0 Å². The van der Waals surface area contributed by atoms with Crippen LogP contribution in [0.25, 0.3) is 0 Å². The molecule has 2 nitrogen and oxygen atoms in total. The van der Waals surface area contributed by atoms with E-state index in [0.29, 0.717) is 6.42 Å². The summed E-state index contributed by atoms with van der Waals surface area (Å²) in [5, 5.41) is 9.21. The van der Waals surface area contributed by atoms with Gasteiger partial charge in [-0.1, -0.05) is 43.2 Å². The molecule has 18 heavy (non-hydrogen) atoms. The number of hydrogen-bond donors (Lipinski definition) is 1. The summed E-state index contributed by atoms with van der Waals surface area (Å²) in [6.07, 6.45) is 7.37. The fourth-order valence-corrected chi connectivity index (χ4v) is 4.13. The van der Waals surface area contributed by atoms with Gasteiger partial charge >= 0.3 is 5.97 Å². The first-order valence-electron chi connectivity index (χ1n) is 6.96. The van der Waals surface area contributed by atoms with Gasteiger partial charge in [-0.3, -0.25) is 4.79 Å². The first kappa shape index (κ1) is 11.8. The van der Waals surface area contributed by atoms with Crippen LogP contribution < -0.4 is 0 Å². The van der Waals surface area contributed by atoms with Crippen LogP contribution in [-0.4, -0.2) is 11.1 Å². The van der Waals surface area contributed by atoms with Crippen LogP contribution >= 0.6 is 0 Å². The van der Waals surface area contributed by atoms with Gasteiger partial charge in [-0.25, -0.2) is 0 Å². The molecule has 0 spiro atoms. The molecular weight excluding hydrogens is 224 g/mol. The molecule has 1 aromatic rings. The highest BCUT2D eigenvalue weighted by Crippen LogP contribution is 2.67. The van der Waals surface area contributed by atoms with Crippen molar-refractivity contribution in [2.45, 2.75) is 50.4 Å². The van der Waals surface area contributed by atoms with Crippen molar-refractivity contribution < 1.29 is 9.90 Å². The minimum Gasteiger partial charge on any atom is -0.481 e. The van der Waals surface area contributed by atoms with Crippen molar-refractivity contribution in [1.82, 2.24) is 0 Å². The Morgan fingerprint density at radius 3 is 2.17 bits per heavy atom. The summed E-state index contributed by atoms with van der Waals surface area (Å²) in [6.45, 7) is 0. The highest BCUT2D eigenvalue weighted by molar-refractivity contribution is 5.69. The number of carboxylic acid groups (broad SMARTS) is 1. The maximum atomic E-state index is 11.2. The van der Waals surface area contributed by atoms with Gasteiger partial charge in [0.15, 0.2) is 0 Å². The average molecular weight is 244 g/mol. The third-order valence-electron chi connectivity index (χ3n) is 5.14. The Morgan fingerprint density at radius 2 is 1.67 bits per heavy atom. The molecule has 0 aromatic heterocycles. The number of benzene rings is 1. The molecule has 2 saturated carbocycles. The molecule has 0 heterocycles. The SMILES string of the molecule is O=C(O)CC1(C2(c3ccccc3)CCCC2)CC1. The van der Waals surface area contributed by atoms with Crippen LogP contribution in [0.4, 0.5) is 0 Å². The molecule has 0 unspecified atom stereocenters. The molecule has 0 bridgehead atoms. The molecule has 2 heteroatoms. The lowest BCUT2D eigenvalue weighted by molar-refractivity contribution is -0.139. The second-order valence-corrected chi connectivity index (χ2v) is 6.01. The monoisotopic (exact) mass is 244 g/mol. The Balaban J connectivity index is 2.00. The maximum Gasteiger partial charge on any atom is 0.303 e. The predicted molar refractivity (Wildman–Crippen MR) is 70.5 cm³/mol. The highest BCUT2D eigenvalue weighted by atomic mass is 16.4. The van der Waals surface area contributed by atoms with Crippen molar-refractivity contribution in [2.75, 3.05) is 0 Å². The largest absolute Gasteiger partial charge is 0.481 e. The van der Waals surface area contributed by atoms with E-state index in [1.807, 2.05) is 6.07 Å². The molecule has 0 amide bonds. The Kier molecular flexibility index (Phi) is 2.69. The smallest absolute Gasteiger partial charge is 0.303 e. The summed E-state index contributed by atoms with van der Waals surface area (Å²) < 4.78 is 0. The van der Waals surface area contributed by atoms with Crippen molar-refractivity contribution in [2.24, 2.45) is 5.41 Å². The maximum absolute atomic E-state index is 11.2. The molecular formula is C16H20O2. The molecule has 2 fully saturated rings. The lowest BCUT2D eigenvalue weighted by Gasteiger charge is -2.38. The first-order chi connectivity index (χ1) is 8.69. The van der Waals surface area contributed by atoms with E-state index in [-0.39, 0.29) is 10.8 Å². The Hall–Kier alpha value is -1.31. The van der Waals surface area contributed by atoms with Gasteiger partial charge in [0.25, 0.3) is 0 Å². The second kappa shape index (κ2) is 4.11. The van der Waals surface area contributed by atoms with Gasteiger partial charge in [-0.2, -0.15) is 0 Å². The van der Waals surface area contributed by atoms with E-state index in [1.165, 1.54) is 31.2 Å². The minimum absolute atomic E-state index is 0.0523. The Morgan fingerprint density at radius 1 is 1.06 bits per heavy atom. The van der Waals surface area contributed by atoms with E-state index < -0.39 is 5.97 Å². The standard InChI is InChI=1S/C16H20O2/c17-14(18)12-15(10-11-15)16(8-4-5-9-16)13-6-2-1-3-7-13/h1-3,6-7H,4-5,8-12H2,(H,17,18). The molecule has 2 aliphatic carbocycles. The lowest BCUT2D eigenvalue weighted by Crippen LogP contribution is -2.35. The molecule has 2 aliphatic rings. The molecule has 0 aliphatic heterocycles. The predicted octanol–water partition coefficient (Wildman–Crippen LogP) is 3.75. The van der Waals surface area contributed by atoms with Gasteiger partial charge in [0.1, 0.15) is 0 Å². The second-order valence-electron chi connectivity index (χ2n) is 6.01. The number of carboxylic acids is 1. The number of hydrogen-bond acceptors (Lipinski definition) is 1. The molecule has 0 atom stereocenters. The Labute approximate surface area is 108 Å². The van der Waals surface area contributed by atoms with E-state index in [1.54, 1.807) is 0 Å². The normalized spacial score (nSPS) is 23.8. The molecule has 96 valence electrons. The van der Waals surface area contributed by atoms with Crippen LogP contribution in [0.5, 0.6) is 0 Å². The van der Waals surface area contributed by atoms with E-state index >= 15 is 0 Å². The topological polar surface area (TPSA) is 37.3 Å². The summed E-state index contributed by atoms with van der Waals surface area (Å²) in [4.78, 5) is 11.2. The highest BCUT2D eigenvalue weighted by Gasteiger charge is 2.60. The molecule has 0 radical (unpaired) electrons. The number of rotatable bonds is 4. The summed E-state index contributed by atoms with van der Waals surface area (Å²) in [5.41, 5.74) is 1.57. The number of carbonyl (C=O) groups is 1. The summed E-state index contributed by atoms with van der Waals surface area (Å²) in [6, 6.07) is 10.6. The van der Waals surface area contributed by atoms with Gasteiger partial charge in [-0.05, 0) is 36.7 Å². The summed E-state index contributed by atoms with van der Waals surface area (Å²) in [7, 11) is 0. The lowest BCUT2D eigenvalue weighted by atomic mass is 9.65. The number of aliphatic carboxylic acids is 1. The third-order valence-corrected chi connectivity index (χ3v) is 5.14. The zero-order valence-electron chi connectivity index (χ0n) is 10.7. The zero-order valence-corrected chi connectivity index (χ0v) is 10.7. The summed E-state index contributed by atoms with van der Waals surface area (Å²) in [5.74, 6) is -0.630. The summed E-state index contributed by atoms with van der Waals surface area (Å²) >= 11 is 0. The van der Waals surface area contributed by atoms with E-state index in [4.69, 9.17) is 0 Å². The van der Waals surface area contributed by atoms with Crippen LogP contribution in [0, 0.1) is 5.41 Å². The van der Waals surface area contributed by atoms with Crippen molar-refractivity contribution >= 4 is 5.97 Å². The third kappa shape index (κ3) is 1.66. The van der Waals surface area contributed by atoms with E-state index in [2.05, 4.69) is 24.3 Å². The fourth-order valence-electron chi connectivity index (χ4n) is 4.13. The molecule has 1 aromatic carbocycles. The van der Waals surface area contributed by atoms with E-state index in [0.717, 1.165) is 12.8 Å². The van der Waals surface area contributed by atoms with Crippen LogP contribution in [0.3, 0.4) is 0 Å². The molecule has 0 saturated heterocycles. The van der Waals surface area contributed by atoms with Crippen molar-refractivity contribution in [3.8, 4) is 0 Å². The minimum atomic E-state index is -0.630. The zero-order chi connectivity index (χ0) is 12.6. The quantitative estimate of drug-likeness (QED) is 0.875. The van der Waals surface area contributed by atoms with Crippen LogP contribution in [-0.2, 0) is 10.2 Å². The van der Waals surface area contributed by atoms with Crippen molar-refractivity contribution in [3.63, 3.8) is 0 Å². The van der Waals surface area contributed by atoms with Crippen LogP contribution in [0.1, 0.15) is 50.5 Å². The van der Waals surface area contributed by atoms with E-state index in [9.17, 15) is 9.90 Å². The van der Waals surface area contributed by atoms with Gasteiger partial charge in [0, 0.05) is 5.41 Å². The molecule has 3 rings (SSSR count). The van der Waals surface area contributed by atoms with Gasteiger partial charge in [-0.15, -0.1) is 0 Å². The van der Waals surface area contributed by atoms with Crippen LogP contribution in [0.2, 0.25) is 0 Å². The van der Waals surface area contributed by atoms with Gasteiger partial charge in [0.05, 0.1) is 6.42 Å². The van der Waals surface area contributed by atoms with Crippen molar-refractivity contribution in [1.29, 1.82) is 0 Å². The van der Waals surface area contributed by atoms with Crippen LogP contribution in [0.15, 0.2) is 30.3 Å². The first-order valence-corrected chi connectivity index (χ1v) is 6.96. The Bertz CT molecular complexity index is 439.